The number of anilines is 1. The summed E-state index contributed by atoms with van der Waals surface area (Å²) in [6.07, 6.45) is 1.62. The average Bonchev–Trinajstić information content (AvgIpc) is 2.57. The van der Waals surface area contributed by atoms with Crippen LogP contribution in [0.15, 0.2) is 36.5 Å². The van der Waals surface area contributed by atoms with E-state index in [-0.39, 0.29) is 11.8 Å². The summed E-state index contributed by atoms with van der Waals surface area (Å²) in [5.41, 5.74) is 2.90. The molecule has 0 aliphatic carbocycles. The molecule has 0 bridgehead atoms. The molecule has 0 saturated heterocycles. The molecule has 2 N–H and O–H groups in total. The van der Waals surface area contributed by atoms with Crippen molar-refractivity contribution < 1.29 is 9.18 Å². The van der Waals surface area contributed by atoms with E-state index in [4.69, 9.17) is 0 Å². The molecule has 0 fully saturated rings. The molecular formula is C17H16FN5O. The standard InChI is InChI=1S/C17H16FN5O/c1-3-19-17(24)23-15-7-6-13-16(22-15)21-14(9-20-13)11-4-5-12(18)10(2)8-11/h4-9H,3H2,1-2H3,(H2,19,21,22,23,24). The molecule has 0 unspecified atom stereocenters. The minimum absolute atomic E-state index is 0.265. The molecule has 6 nitrogen and oxygen atoms in total. The van der Waals surface area contributed by atoms with Crippen molar-refractivity contribution in [3.8, 4) is 11.3 Å². The van der Waals surface area contributed by atoms with Crippen molar-refractivity contribution in [2.75, 3.05) is 11.9 Å². The number of fused-ring (bicyclic) bond motifs is 1. The number of halogens is 1. The van der Waals surface area contributed by atoms with Gasteiger partial charge in [-0.25, -0.2) is 19.2 Å². The number of nitrogens with zero attached hydrogens (tertiary/aromatic N) is 3. The Balaban J connectivity index is 1.96. The number of benzene rings is 1. The van der Waals surface area contributed by atoms with Crippen molar-refractivity contribution >= 4 is 23.0 Å². The number of pyridine rings is 1. The Hall–Kier alpha value is -3.09. The van der Waals surface area contributed by atoms with E-state index in [1.807, 2.05) is 6.92 Å². The lowest BCUT2D eigenvalue weighted by Gasteiger charge is -2.07. The van der Waals surface area contributed by atoms with E-state index in [2.05, 4.69) is 25.6 Å². The van der Waals surface area contributed by atoms with E-state index >= 15 is 0 Å². The second kappa shape index (κ2) is 6.57. The third kappa shape index (κ3) is 3.29. The van der Waals surface area contributed by atoms with Crippen LogP contribution in [0.25, 0.3) is 22.4 Å². The van der Waals surface area contributed by atoms with Gasteiger partial charge in [0.1, 0.15) is 17.2 Å². The van der Waals surface area contributed by atoms with Crippen molar-refractivity contribution in [1.29, 1.82) is 0 Å². The highest BCUT2D eigenvalue weighted by Crippen LogP contribution is 2.21. The second-order valence-electron chi connectivity index (χ2n) is 5.24. The molecule has 0 saturated carbocycles. The number of aromatic nitrogens is 3. The van der Waals surface area contributed by atoms with Crippen LogP contribution >= 0.6 is 0 Å². The number of urea groups is 1. The first kappa shape index (κ1) is 15.8. The average molecular weight is 325 g/mol. The third-order valence-electron chi connectivity index (χ3n) is 3.44. The molecular weight excluding hydrogens is 309 g/mol. The van der Waals surface area contributed by atoms with Gasteiger partial charge in [0.05, 0.1) is 11.9 Å². The van der Waals surface area contributed by atoms with Crippen LogP contribution in [0.3, 0.4) is 0 Å². The first-order valence-corrected chi connectivity index (χ1v) is 7.52. The van der Waals surface area contributed by atoms with E-state index in [1.165, 1.54) is 6.07 Å². The summed E-state index contributed by atoms with van der Waals surface area (Å²) < 4.78 is 13.4. The Bertz CT molecular complexity index is 913. The molecule has 0 aliphatic heterocycles. The predicted molar refractivity (Wildman–Crippen MR) is 90.2 cm³/mol. The van der Waals surface area contributed by atoms with E-state index in [0.717, 1.165) is 5.56 Å². The Morgan fingerprint density at radius 2 is 2.04 bits per heavy atom. The van der Waals surface area contributed by atoms with Gasteiger partial charge in [0, 0.05) is 12.1 Å². The number of nitrogens with one attached hydrogen (secondary N) is 2. The van der Waals surface area contributed by atoms with Crippen LogP contribution in [0.4, 0.5) is 15.0 Å². The molecule has 7 heteroatoms. The summed E-state index contributed by atoms with van der Waals surface area (Å²) in [6.45, 7) is 4.04. The molecule has 3 aromatic rings. The number of carbonyl (C=O) groups excluding carboxylic acids is 1. The van der Waals surface area contributed by atoms with Crippen LogP contribution in [0.5, 0.6) is 0 Å². The Morgan fingerprint density at radius 1 is 1.21 bits per heavy atom. The molecule has 24 heavy (non-hydrogen) atoms. The van der Waals surface area contributed by atoms with Gasteiger partial charge in [-0.3, -0.25) is 10.3 Å². The van der Waals surface area contributed by atoms with Crippen molar-refractivity contribution in [2.45, 2.75) is 13.8 Å². The molecule has 0 spiro atoms. The Labute approximate surface area is 138 Å². The minimum atomic E-state index is -0.331. The molecule has 122 valence electrons. The maximum atomic E-state index is 13.4. The van der Waals surface area contributed by atoms with Crippen LogP contribution in [0, 0.1) is 12.7 Å². The largest absolute Gasteiger partial charge is 0.338 e. The maximum Gasteiger partial charge on any atom is 0.320 e. The summed E-state index contributed by atoms with van der Waals surface area (Å²) in [7, 11) is 0. The minimum Gasteiger partial charge on any atom is -0.338 e. The van der Waals surface area contributed by atoms with Crippen molar-refractivity contribution in [3.63, 3.8) is 0 Å². The third-order valence-corrected chi connectivity index (χ3v) is 3.44. The molecule has 0 aliphatic rings. The number of amides is 2. The fourth-order valence-electron chi connectivity index (χ4n) is 2.23. The molecule has 2 heterocycles. The lowest BCUT2D eigenvalue weighted by atomic mass is 10.1. The SMILES string of the molecule is CCNC(=O)Nc1ccc2ncc(-c3ccc(F)c(C)c3)nc2n1. The molecule has 1 aromatic carbocycles. The van der Waals surface area contributed by atoms with E-state index in [1.54, 1.807) is 37.4 Å². The first-order chi connectivity index (χ1) is 11.6. The van der Waals surface area contributed by atoms with Crippen molar-refractivity contribution in [2.24, 2.45) is 0 Å². The lowest BCUT2D eigenvalue weighted by Crippen LogP contribution is -2.28. The lowest BCUT2D eigenvalue weighted by molar-refractivity contribution is 0.252. The van der Waals surface area contributed by atoms with Crippen LogP contribution in [0.1, 0.15) is 12.5 Å². The maximum absolute atomic E-state index is 13.4. The fraction of sp³-hybridized carbons (Fsp3) is 0.176. The van der Waals surface area contributed by atoms with Gasteiger partial charge in [-0.2, -0.15) is 0 Å². The van der Waals surface area contributed by atoms with Gasteiger partial charge in [-0.1, -0.05) is 0 Å². The number of rotatable bonds is 3. The van der Waals surface area contributed by atoms with Gasteiger partial charge in [0.25, 0.3) is 0 Å². The van der Waals surface area contributed by atoms with Gasteiger partial charge in [0.2, 0.25) is 0 Å². The smallest absolute Gasteiger partial charge is 0.320 e. The van der Waals surface area contributed by atoms with Crippen LogP contribution in [0.2, 0.25) is 0 Å². The highest BCUT2D eigenvalue weighted by molar-refractivity contribution is 5.89. The van der Waals surface area contributed by atoms with Gasteiger partial charge in [-0.15, -0.1) is 0 Å². The number of carbonyl (C=O) groups is 1. The first-order valence-electron chi connectivity index (χ1n) is 7.52. The fourth-order valence-corrected chi connectivity index (χ4v) is 2.23. The summed E-state index contributed by atoms with van der Waals surface area (Å²) >= 11 is 0. The quantitative estimate of drug-likeness (QED) is 0.774. The van der Waals surface area contributed by atoms with Crippen molar-refractivity contribution in [1.82, 2.24) is 20.3 Å². The van der Waals surface area contributed by atoms with Gasteiger partial charge >= 0.3 is 6.03 Å². The second-order valence-corrected chi connectivity index (χ2v) is 5.24. The van der Waals surface area contributed by atoms with E-state index in [0.29, 0.717) is 34.8 Å². The molecule has 2 amide bonds. The summed E-state index contributed by atoms with van der Waals surface area (Å²) in [5.74, 6) is 0.120. The zero-order valence-electron chi connectivity index (χ0n) is 13.3. The molecule has 0 atom stereocenters. The summed E-state index contributed by atoms with van der Waals surface area (Å²) in [6, 6.07) is 7.82. The highest BCUT2D eigenvalue weighted by atomic mass is 19.1. The monoisotopic (exact) mass is 325 g/mol. The van der Waals surface area contributed by atoms with E-state index < -0.39 is 0 Å². The molecule has 0 radical (unpaired) electrons. The zero-order chi connectivity index (χ0) is 17.1. The Kier molecular flexibility index (Phi) is 4.33. The number of aryl methyl sites for hydroxylation is 1. The zero-order valence-corrected chi connectivity index (χ0v) is 13.3. The molecule has 2 aromatic heterocycles. The van der Waals surface area contributed by atoms with Crippen LogP contribution < -0.4 is 10.6 Å². The van der Waals surface area contributed by atoms with Crippen LogP contribution in [-0.4, -0.2) is 27.5 Å². The van der Waals surface area contributed by atoms with Gasteiger partial charge in [0.15, 0.2) is 5.65 Å². The molecule has 3 rings (SSSR count). The predicted octanol–water partition coefficient (Wildman–Crippen LogP) is 3.28. The van der Waals surface area contributed by atoms with Gasteiger partial charge < -0.3 is 5.32 Å². The summed E-state index contributed by atoms with van der Waals surface area (Å²) in [4.78, 5) is 24.7. The van der Waals surface area contributed by atoms with Gasteiger partial charge in [-0.05, 0) is 49.7 Å². The van der Waals surface area contributed by atoms with Crippen LogP contribution in [-0.2, 0) is 0 Å². The Morgan fingerprint density at radius 3 is 2.79 bits per heavy atom. The van der Waals surface area contributed by atoms with Crippen molar-refractivity contribution in [3.05, 3.63) is 47.9 Å². The van der Waals surface area contributed by atoms with E-state index in [9.17, 15) is 9.18 Å². The number of hydrogen-bond acceptors (Lipinski definition) is 4. The highest BCUT2D eigenvalue weighted by Gasteiger charge is 2.08. The topological polar surface area (TPSA) is 79.8 Å². The summed E-state index contributed by atoms with van der Waals surface area (Å²) in [5, 5.41) is 5.26. The normalized spacial score (nSPS) is 10.6. The number of hydrogen-bond donors (Lipinski definition) is 2.